The maximum absolute atomic E-state index is 13.8. The van der Waals surface area contributed by atoms with Crippen LogP contribution in [-0.2, 0) is 27.3 Å². The number of fused-ring (bicyclic) bond motifs is 12. The number of nitrogens with zero attached hydrogens (tertiary/aromatic N) is 1. The van der Waals surface area contributed by atoms with Gasteiger partial charge in [0.05, 0.1) is 23.2 Å². The normalized spacial score (nSPS) is 19.7. The van der Waals surface area contributed by atoms with Crippen molar-refractivity contribution in [3.8, 4) is 17.2 Å². The van der Waals surface area contributed by atoms with E-state index in [1.165, 1.54) is 48.3 Å². The second-order valence-electron chi connectivity index (χ2n) is 11.1. The van der Waals surface area contributed by atoms with Gasteiger partial charge in [-0.05, 0) is 55.8 Å². The van der Waals surface area contributed by atoms with Gasteiger partial charge in [-0.1, -0.05) is 41.9 Å². The number of halogens is 1. The van der Waals surface area contributed by atoms with Crippen molar-refractivity contribution in [2.45, 2.75) is 51.0 Å². The van der Waals surface area contributed by atoms with Crippen LogP contribution in [0.1, 0.15) is 34.6 Å². The average Bonchev–Trinajstić information content (AvgIpc) is 3.34. The Balaban J connectivity index is 1.45. The lowest BCUT2D eigenvalue weighted by atomic mass is 10.0. The number of aliphatic hydroxyl groups is 1. The highest BCUT2D eigenvalue weighted by atomic mass is 35.5. The zero-order chi connectivity index (χ0) is 33.1. The van der Waals surface area contributed by atoms with Gasteiger partial charge in [0.2, 0.25) is 17.7 Å². The molecule has 2 aliphatic rings. The van der Waals surface area contributed by atoms with Crippen LogP contribution in [0.5, 0.6) is 17.2 Å². The summed E-state index contributed by atoms with van der Waals surface area (Å²) in [6, 6.07) is 15.0. The number of likely N-dealkylation sites (N-methyl/N-ethyl adjacent to an activating group) is 1. The molecule has 0 saturated carbocycles. The van der Waals surface area contributed by atoms with E-state index in [9.17, 15) is 29.4 Å². The maximum Gasteiger partial charge on any atom is 0.255 e. The number of ether oxygens (including phenoxy) is 1. The van der Waals surface area contributed by atoms with E-state index in [4.69, 9.17) is 16.3 Å². The van der Waals surface area contributed by atoms with E-state index < -0.39 is 42.0 Å². The van der Waals surface area contributed by atoms with Gasteiger partial charge >= 0.3 is 0 Å². The first-order valence-corrected chi connectivity index (χ1v) is 15.7. The third kappa shape index (κ3) is 7.25. The molecule has 4 bridgehead atoms. The number of phenolic OH excluding ortho intramolecular Hbond substituents is 1. The van der Waals surface area contributed by atoms with Crippen LogP contribution in [-0.4, -0.2) is 70.0 Å². The SMILES string of the molecule is C[C@@H]1NC(=O)[C@H]([C@@H](C)O)NC(=O)c2cc(ccc2O)Oc2ccc(cc2)C[C@@H](C(=O)N(C)Cc2sc3ccccc3c2Cl)NC1=O. The van der Waals surface area contributed by atoms with Crippen molar-refractivity contribution in [3.63, 3.8) is 0 Å². The van der Waals surface area contributed by atoms with Crippen LogP contribution >= 0.6 is 22.9 Å². The van der Waals surface area contributed by atoms with E-state index in [1.807, 2.05) is 24.3 Å². The minimum atomic E-state index is -1.47. The summed E-state index contributed by atoms with van der Waals surface area (Å²) in [5.41, 5.74) is 0.541. The Kier molecular flexibility index (Phi) is 9.80. The first kappa shape index (κ1) is 32.7. The molecule has 0 unspecified atom stereocenters. The summed E-state index contributed by atoms with van der Waals surface area (Å²) in [6.45, 7) is 2.94. The quantitative estimate of drug-likeness (QED) is 0.208. The topological polar surface area (TPSA) is 157 Å². The van der Waals surface area contributed by atoms with E-state index in [1.54, 1.807) is 31.3 Å². The number of phenols is 1. The summed E-state index contributed by atoms with van der Waals surface area (Å²) in [4.78, 5) is 55.7. The van der Waals surface area contributed by atoms with Gasteiger partial charge in [0.1, 0.15) is 35.4 Å². The highest BCUT2D eigenvalue weighted by Gasteiger charge is 2.32. The molecule has 0 radical (unpaired) electrons. The van der Waals surface area contributed by atoms with Crippen molar-refractivity contribution >= 4 is 56.7 Å². The van der Waals surface area contributed by atoms with Crippen molar-refractivity contribution < 1.29 is 34.1 Å². The maximum atomic E-state index is 13.8. The second kappa shape index (κ2) is 13.8. The summed E-state index contributed by atoms with van der Waals surface area (Å²) in [5, 5.41) is 29.8. The molecular formula is C33H33ClN4O7S. The first-order valence-electron chi connectivity index (χ1n) is 14.5. The molecule has 0 spiro atoms. The van der Waals surface area contributed by atoms with Gasteiger partial charge in [0.25, 0.3) is 5.91 Å². The molecular weight excluding hydrogens is 632 g/mol. The Hall–Kier alpha value is -4.65. The van der Waals surface area contributed by atoms with E-state index in [-0.39, 0.29) is 35.9 Å². The molecule has 4 amide bonds. The average molecular weight is 665 g/mol. The van der Waals surface area contributed by atoms with Crippen LogP contribution < -0.4 is 20.7 Å². The third-order valence-corrected chi connectivity index (χ3v) is 9.29. The molecule has 0 aliphatic carbocycles. The monoisotopic (exact) mass is 664 g/mol. The highest BCUT2D eigenvalue weighted by molar-refractivity contribution is 7.19. The van der Waals surface area contributed by atoms with E-state index >= 15 is 0 Å². The van der Waals surface area contributed by atoms with Gasteiger partial charge in [-0.2, -0.15) is 0 Å². The first-order chi connectivity index (χ1) is 21.9. The van der Waals surface area contributed by atoms with Crippen molar-refractivity contribution in [2.24, 2.45) is 0 Å². The Labute approximate surface area is 274 Å². The van der Waals surface area contributed by atoms with Gasteiger partial charge in [-0.3, -0.25) is 19.2 Å². The van der Waals surface area contributed by atoms with E-state index in [0.717, 1.165) is 20.5 Å². The number of nitrogens with one attached hydrogen (secondary N) is 3. The minimum absolute atomic E-state index is 0.131. The standard InChI is InChI=1S/C33H33ClN4O7S/c1-17-30(41)36-24(33(44)38(3)16-27-28(34)22-6-4-5-7-26(22)46-27)14-19-8-10-20(11-9-19)45-21-12-13-25(40)23(15-21)31(42)37-29(18(2)39)32(43)35-17/h4-13,15,17-18,24,29,39-40H,14,16H2,1-3H3,(H,35,43)(H,36,41)(H,37,42)/t17-,18+,24-,29-/m0/s1. The van der Waals surface area contributed by atoms with Gasteiger partial charge in [0, 0.05) is 28.4 Å². The Morgan fingerprint density at radius 1 is 1.02 bits per heavy atom. The predicted octanol–water partition coefficient (Wildman–Crippen LogP) is 3.74. The summed E-state index contributed by atoms with van der Waals surface area (Å²) < 4.78 is 6.88. The number of carbonyl (C=O) groups is 4. The van der Waals surface area contributed by atoms with Crippen LogP contribution in [0.3, 0.4) is 0 Å². The number of hydrogen-bond donors (Lipinski definition) is 5. The summed E-state index contributed by atoms with van der Waals surface area (Å²) >= 11 is 8.12. The molecule has 3 heterocycles. The van der Waals surface area contributed by atoms with E-state index in [2.05, 4.69) is 16.0 Å². The molecule has 3 aromatic carbocycles. The fourth-order valence-corrected chi connectivity index (χ4v) is 6.59. The van der Waals surface area contributed by atoms with Gasteiger partial charge < -0.3 is 35.8 Å². The number of carbonyl (C=O) groups excluding carboxylic acids is 4. The number of aromatic hydroxyl groups is 1. The molecule has 5 N–H and O–H groups in total. The lowest BCUT2D eigenvalue weighted by Crippen LogP contribution is -2.58. The van der Waals surface area contributed by atoms with Crippen molar-refractivity contribution in [1.82, 2.24) is 20.9 Å². The molecule has 4 aromatic rings. The zero-order valence-corrected chi connectivity index (χ0v) is 26.8. The second-order valence-corrected chi connectivity index (χ2v) is 12.7. The summed E-state index contributed by atoms with van der Waals surface area (Å²) in [6.07, 6.45) is -1.22. The number of aliphatic hydroxyl groups excluding tert-OH is 1. The highest BCUT2D eigenvalue weighted by Crippen LogP contribution is 2.36. The predicted molar refractivity (Wildman–Crippen MR) is 174 cm³/mol. The molecule has 13 heteroatoms. The number of thiophene rings is 1. The van der Waals surface area contributed by atoms with E-state index in [0.29, 0.717) is 10.8 Å². The van der Waals surface area contributed by atoms with Crippen LogP contribution in [0.25, 0.3) is 10.1 Å². The van der Waals surface area contributed by atoms with Crippen LogP contribution in [0.2, 0.25) is 5.02 Å². The molecule has 46 heavy (non-hydrogen) atoms. The minimum Gasteiger partial charge on any atom is -0.507 e. The van der Waals surface area contributed by atoms with Crippen LogP contribution in [0, 0.1) is 0 Å². The largest absolute Gasteiger partial charge is 0.507 e. The van der Waals surface area contributed by atoms with Crippen molar-refractivity contribution in [3.05, 3.63) is 87.8 Å². The molecule has 2 aliphatic heterocycles. The number of benzene rings is 3. The Morgan fingerprint density at radius 3 is 2.41 bits per heavy atom. The lowest BCUT2D eigenvalue weighted by Gasteiger charge is -2.27. The lowest BCUT2D eigenvalue weighted by molar-refractivity contribution is -0.136. The summed E-state index contributed by atoms with van der Waals surface area (Å²) in [7, 11) is 1.63. The van der Waals surface area contributed by atoms with Crippen LogP contribution in [0.4, 0.5) is 0 Å². The number of rotatable bonds is 4. The van der Waals surface area contributed by atoms with Crippen molar-refractivity contribution in [2.75, 3.05) is 7.05 Å². The number of hydrogen-bond acceptors (Lipinski definition) is 8. The zero-order valence-electron chi connectivity index (χ0n) is 25.2. The van der Waals surface area contributed by atoms with Gasteiger partial charge in [-0.25, -0.2) is 0 Å². The fraction of sp³-hybridized carbons (Fsp3) is 0.273. The van der Waals surface area contributed by atoms with Crippen LogP contribution in [0.15, 0.2) is 66.7 Å². The molecule has 0 saturated heterocycles. The molecule has 1 aromatic heterocycles. The molecule has 4 atom stereocenters. The Bertz CT molecular complexity index is 1790. The van der Waals surface area contributed by atoms with Crippen molar-refractivity contribution in [1.29, 1.82) is 0 Å². The Morgan fingerprint density at radius 2 is 1.72 bits per heavy atom. The molecule has 240 valence electrons. The summed E-state index contributed by atoms with van der Waals surface area (Å²) in [5.74, 6) is -2.41. The molecule has 11 nitrogen and oxygen atoms in total. The molecule has 6 rings (SSSR count). The molecule has 0 fully saturated rings. The third-order valence-electron chi connectivity index (χ3n) is 7.59. The number of amides is 4. The van der Waals surface area contributed by atoms with Gasteiger partial charge in [-0.15, -0.1) is 11.3 Å². The van der Waals surface area contributed by atoms with Gasteiger partial charge in [0.15, 0.2) is 0 Å². The fourth-order valence-electron chi connectivity index (χ4n) is 5.04. The smallest absolute Gasteiger partial charge is 0.255 e.